The summed E-state index contributed by atoms with van der Waals surface area (Å²) in [5.41, 5.74) is 5.62. The number of carbonyl (C=O) groups is 1. The number of carbonyl (C=O) groups excluding carboxylic acids is 1. The number of hydrogen-bond donors (Lipinski definition) is 1. The van der Waals surface area contributed by atoms with E-state index in [1.54, 1.807) is 0 Å². The highest BCUT2D eigenvalue weighted by molar-refractivity contribution is 6.08. The van der Waals surface area contributed by atoms with E-state index in [4.69, 9.17) is 0 Å². The summed E-state index contributed by atoms with van der Waals surface area (Å²) in [6, 6.07) is 9.96. The van der Waals surface area contributed by atoms with Crippen molar-refractivity contribution in [2.24, 2.45) is 0 Å². The van der Waals surface area contributed by atoms with Crippen LogP contribution >= 0.6 is 0 Å². The number of rotatable bonds is 1. The number of Topliss-reactive ketones (excluding diaryl/α,β-unsaturated/α-hetero) is 1. The standard InChI is InChI=1S/C18H18O2/c1-10-6-4-5-7-13(10)15-9-14-11(2)8-12(3)17(19)16(14)18(15)20/h4-8,15,19H,9H2,1-3H3/t15-/m0/s1. The molecule has 1 aliphatic rings. The van der Waals surface area contributed by atoms with E-state index in [-0.39, 0.29) is 17.5 Å². The fraction of sp³-hybridized carbons (Fsp3) is 0.278. The van der Waals surface area contributed by atoms with Crippen LogP contribution in [0.15, 0.2) is 30.3 Å². The molecule has 0 saturated heterocycles. The van der Waals surface area contributed by atoms with Crippen LogP contribution in [0.4, 0.5) is 0 Å². The van der Waals surface area contributed by atoms with E-state index in [1.165, 1.54) is 0 Å². The van der Waals surface area contributed by atoms with Crippen LogP contribution in [0.5, 0.6) is 5.75 Å². The molecule has 1 N–H and O–H groups in total. The van der Waals surface area contributed by atoms with E-state index in [9.17, 15) is 9.90 Å². The first kappa shape index (κ1) is 12.9. The van der Waals surface area contributed by atoms with Gasteiger partial charge in [0.15, 0.2) is 5.78 Å². The summed E-state index contributed by atoms with van der Waals surface area (Å²) in [6.45, 7) is 5.89. The van der Waals surface area contributed by atoms with Crippen molar-refractivity contribution in [1.29, 1.82) is 0 Å². The van der Waals surface area contributed by atoms with E-state index in [0.29, 0.717) is 12.0 Å². The molecular formula is C18H18O2. The van der Waals surface area contributed by atoms with Gasteiger partial charge in [-0.1, -0.05) is 30.3 Å². The summed E-state index contributed by atoms with van der Waals surface area (Å²) in [7, 11) is 0. The monoisotopic (exact) mass is 266 g/mol. The van der Waals surface area contributed by atoms with Crippen molar-refractivity contribution in [2.45, 2.75) is 33.1 Å². The molecule has 2 aromatic carbocycles. The predicted octanol–water partition coefficient (Wildman–Crippen LogP) is 3.84. The van der Waals surface area contributed by atoms with Crippen LogP contribution < -0.4 is 0 Å². The molecule has 2 aromatic rings. The lowest BCUT2D eigenvalue weighted by Gasteiger charge is -2.11. The van der Waals surface area contributed by atoms with Gasteiger partial charge in [-0.25, -0.2) is 0 Å². The second-order valence-electron chi connectivity index (χ2n) is 5.69. The Morgan fingerprint density at radius 3 is 2.45 bits per heavy atom. The van der Waals surface area contributed by atoms with Gasteiger partial charge in [0.1, 0.15) is 5.75 Å². The van der Waals surface area contributed by atoms with Gasteiger partial charge in [-0.2, -0.15) is 0 Å². The fourth-order valence-corrected chi connectivity index (χ4v) is 3.25. The molecule has 0 aromatic heterocycles. The van der Waals surface area contributed by atoms with Crippen molar-refractivity contribution in [3.8, 4) is 5.75 Å². The Hall–Kier alpha value is -2.09. The number of phenols is 1. The Kier molecular flexibility index (Phi) is 2.89. The predicted molar refractivity (Wildman–Crippen MR) is 79.5 cm³/mol. The molecule has 102 valence electrons. The first-order valence-electron chi connectivity index (χ1n) is 6.92. The van der Waals surface area contributed by atoms with Crippen LogP contribution in [-0.2, 0) is 6.42 Å². The maximum absolute atomic E-state index is 12.7. The van der Waals surface area contributed by atoms with Crippen molar-refractivity contribution < 1.29 is 9.90 Å². The van der Waals surface area contributed by atoms with Gasteiger partial charge >= 0.3 is 0 Å². The Morgan fingerprint density at radius 2 is 1.75 bits per heavy atom. The number of benzene rings is 2. The average Bonchev–Trinajstić information content (AvgIpc) is 2.75. The molecule has 0 unspecified atom stereocenters. The molecule has 1 aliphatic carbocycles. The SMILES string of the molecule is Cc1ccccc1[C@@H]1Cc2c(C)cc(C)c(O)c2C1=O. The van der Waals surface area contributed by atoms with E-state index < -0.39 is 0 Å². The second kappa shape index (κ2) is 4.48. The first-order chi connectivity index (χ1) is 9.50. The highest BCUT2D eigenvalue weighted by atomic mass is 16.3. The summed E-state index contributed by atoms with van der Waals surface area (Å²) in [6.07, 6.45) is 0.693. The normalized spacial score (nSPS) is 17.4. The van der Waals surface area contributed by atoms with Gasteiger partial charge in [0, 0.05) is 0 Å². The van der Waals surface area contributed by atoms with E-state index in [0.717, 1.165) is 27.8 Å². The van der Waals surface area contributed by atoms with Gasteiger partial charge in [0.05, 0.1) is 11.5 Å². The van der Waals surface area contributed by atoms with Gasteiger partial charge in [-0.3, -0.25) is 4.79 Å². The van der Waals surface area contributed by atoms with Crippen molar-refractivity contribution in [3.05, 3.63) is 63.7 Å². The zero-order valence-electron chi connectivity index (χ0n) is 12.0. The number of ketones is 1. The average molecular weight is 266 g/mol. The summed E-state index contributed by atoms with van der Waals surface area (Å²) in [4.78, 5) is 12.7. The number of hydrogen-bond acceptors (Lipinski definition) is 2. The molecule has 0 amide bonds. The minimum Gasteiger partial charge on any atom is -0.507 e. The smallest absolute Gasteiger partial charge is 0.174 e. The molecule has 3 rings (SSSR count). The molecule has 0 saturated carbocycles. The fourth-order valence-electron chi connectivity index (χ4n) is 3.25. The molecule has 0 spiro atoms. The van der Waals surface area contributed by atoms with Gasteiger partial charge < -0.3 is 5.11 Å². The van der Waals surface area contributed by atoms with E-state index in [1.807, 2.05) is 51.1 Å². The van der Waals surface area contributed by atoms with Crippen molar-refractivity contribution >= 4 is 5.78 Å². The molecule has 0 radical (unpaired) electrons. The van der Waals surface area contributed by atoms with Gasteiger partial charge in [0.2, 0.25) is 0 Å². The molecular weight excluding hydrogens is 248 g/mol. The molecule has 20 heavy (non-hydrogen) atoms. The number of phenolic OH excluding ortho intramolecular Hbond substituents is 1. The third kappa shape index (κ3) is 1.75. The van der Waals surface area contributed by atoms with Crippen LogP contribution in [0.25, 0.3) is 0 Å². The van der Waals surface area contributed by atoms with Crippen molar-refractivity contribution in [1.82, 2.24) is 0 Å². The molecule has 0 bridgehead atoms. The molecule has 2 heteroatoms. The quantitative estimate of drug-likeness (QED) is 0.851. The largest absolute Gasteiger partial charge is 0.507 e. The third-order valence-corrected chi connectivity index (χ3v) is 4.36. The van der Waals surface area contributed by atoms with Crippen LogP contribution in [0.1, 0.15) is 44.1 Å². The van der Waals surface area contributed by atoms with Gasteiger partial charge in [-0.05, 0) is 55.0 Å². The lowest BCUT2D eigenvalue weighted by Crippen LogP contribution is -2.08. The Balaban J connectivity index is 2.15. The third-order valence-electron chi connectivity index (χ3n) is 4.36. The topological polar surface area (TPSA) is 37.3 Å². The molecule has 0 fully saturated rings. The lowest BCUT2D eigenvalue weighted by atomic mass is 9.91. The summed E-state index contributed by atoms with van der Waals surface area (Å²) < 4.78 is 0. The summed E-state index contributed by atoms with van der Waals surface area (Å²) >= 11 is 0. The summed E-state index contributed by atoms with van der Waals surface area (Å²) in [5.74, 6) is 0.0582. The molecule has 1 atom stereocenters. The van der Waals surface area contributed by atoms with E-state index >= 15 is 0 Å². The number of fused-ring (bicyclic) bond motifs is 1. The van der Waals surface area contributed by atoms with Gasteiger partial charge in [-0.15, -0.1) is 0 Å². The minimum atomic E-state index is -0.155. The Morgan fingerprint density at radius 1 is 1.05 bits per heavy atom. The molecule has 0 aliphatic heterocycles. The van der Waals surface area contributed by atoms with Crippen LogP contribution in [0, 0.1) is 20.8 Å². The highest BCUT2D eigenvalue weighted by Gasteiger charge is 2.36. The van der Waals surface area contributed by atoms with Crippen LogP contribution in [0.2, 0.25) is 0 Å². The van der Waals surface area contributed by atoms with Crippen LogP contribution in [-0.4, -0.2) is 10.9 Å². The highest BCUT2D eigenvalue weighted by Crippen LogP contribution is 2.42. The minimum absolute atomic E-state index is 0.0543. The maximum Gasteiger partial charge on any atom is 0.174 e. The maximum atomic E-state index is 12.7. The Bertz CT molecular complexity index is 714. The second-order valence-corrected chi connectivity index (χ2v) is 5.69. The number of aryl methyl sites for hydroxylation is 3. The zero-order valence-corrected chi connectivity index (χ0v) is 12.0. The van der Waals surface area contributed by atoms with Gasteiger partial charge in [0.25, 0.3) is 0 Å². The first-order valence-corrected chi connectivity index (χ1v) is 6.92. The van der Waals surface area contributed by atoms with Crippen LogP contribution in [0.3, 0.4) is 0 Å². The Labute approximate surface area is 119 Å². The molecule has 0 heterocycles. The molecule has 2 nitrogen and oxygen atoms in total. The lowest BCUT2D eigenvalue weighted by molar-refractivity contribution is 0.0970. The zero-order chi connectivity index (χ0) is 14.4. The summed E-state index contributed by atoms with van der Waals surface area (Å²) in [5, 5.41) is 10.2. The van der Waals surface area contributed by atoms with E-state index in [2.05, 4.69) is 0 Å². The number of aromatic hydroxyl groups is 1. The van der Waals surface area contributed by atoms with Crippen molar-refractivity contribution in [3.63, 3.8) is 0 Å². The van der Waals surface area contributed by atoms with Crippen molar-refractivity contribution in [2.75, 3.05) is 0 Å².